The highest BCUT2D eigenvalue weighted by Gasteiger charge is 2.17. The average Bonchev–Trinajstić information content (AvgIpc) is 2.00. The molecule has 0 aromatic carbocycles. The zero-order chi connectivity index (χ0) is 8.04. The van der Waals surface area contributed by atoms with E-state index in [1.807, 2.05) is 17.5 Å². The van der Waals surface area contributed by atoms with Gasteiger partial charge in [-0.25, -0.2) is 0 Å². The Kier molecular flexibility index (Phi) is 3.99. The van der Waals surface area contributed by atoms with Crippen LogP contribution < -0.4 is 0 Å². The smallest absolute Gasteiger partial charge is 0.237 e. The molecule has 2 heteroatoms. The molecular formula is C8H14OSi. The zero-order valence-corrected chi connectivity index (χ0v) is 7.63. The average molecular weight is 154 g/mol. The summed E-state index contributed by atoms with van der Waals surface area (Å²) in [5, 5.41) is 0. The predicted octanol–water partition coefficient (Wildman–Crippen LogP) is 2.21. The largest absolute Gasteiger partial charge is 0.412 e. The molecule has 1 unspecified atom stereocenters. The van der Waals surface area contributed by atoms with Crippen molar-refractivity contribution in [3.63, 3.8) is 0 Å². The van der Waals surface area contributed by atoms with Crippen LogP contribution in [0.1, 0.15) is 0 Å². The van der Waals surface area contributed by atoms with Crippen LogP contribution in [0.3, 0.4) is 0 Å². The molecule has 1 nitrogen and oxygen atoms in total. The lowest BCUT2D eigenvalue weighted by molar-refractivity contribution is 0.419. The van der Waals surface area contributed by atoms with Gasteiger partial charge in [0.15, 0.2) is 0 Å². The third-order valence-electron chi connectivity index (χ3n) is 1.41. The van der Waals surface area contributed by atoms with Gasteiger partial charge in [-0.2, -0.15) is 0 Å². The van der Waals surface area contributed by atoms with Gasteiger partial charge >= 0.3 is 0 Å². The predicted molar refractivity (Wildman–Crippen MR) is 48.2 cm³/mol. The molecule has 10 heavy (non-hydrogen) atoms. The van der Waals surface area contributed by atoms with Gasteiger partial charge in [0.1, 0.15) is 0 Å². The molecule has 0 rings (SSSR count). The highest BCUT2D eigenvalue weighted by atomic mass is 28.4. The minimum absolute atomic E-state index is 1.71. The molecule has 1 atom stereocenters. The first kappa shape index (κ1) is 9.40. The Balaban J connectivity index is 4.18. The van der Waals surface area contributed by atoms with E-state index in [1.54, 1.807) is 13.2 Å². The van der Waals surface area contributed by atoms with E-state index in [-0.39, 0.29) is 0 Å². The van der Waals surface area contributed by atoms with Crippen molar-refractivity contribution in [2.75, 3.05) is 7.11 Å². The standard InChI is InChI=1S/C8H14OSi/c1-5-7-8-10(4,6-2)9-3/h5-8H,1-2H2,3-4H3/b8-7+. The minimum atomic E-state index is -1.71. The quantitative estimate of drug-likeness (QED) is 0.445. The minimum Gasteiger partial charge on any atom is -0.412 e. The van der Waals surface area contributed by atoms with Gasteiger partial charge in [0.2, 0.25) is 8.32 Å². The van der Waals surface area contributed by atoms with E-state index in [0.29, 0.717) is 0 Å². The molecule has 0 saturated heterocycles. The first-order valence-corrected chi connectivity index (χ1v) is 5.74. The summed E-state index contributed by atoms with van der Waals surface area (Å²) in [6, 6.07) is 0. The molecule has 0 bridgehead atoms. The SMILES string of the molecule is C=C/C=C/[Si](C)(C=C)OC. The summed E-state index contributed by atoms with van der Waals surface area (Å²) in [4.78, 5) is 0. The number of rotatable bonds is 4. The zero-order valence-electron chi connectivity index (χ0n) is 6.63. The molecule has 0 aromatic rings. The summed E-state index contributed by atoms with van der Waals surface area (Å²) in [6.45, 7) is 9.36. The normalized spacial score (nSPS) is 16.6. The number of hydrogen-bond acceptors (Lipinski definition) is 1. The molecular weight excluding hydrogens is 140 g/mol. The Morgan fingerprint density at radius 1 is 1.40 bits per heavy atom. The van der Waals surface area contributed by atoms with E-state index in [1.165, 1.54) is 0 Å². The summed E-state index contributed by atoms with van der Waals surface area (Å²) in [7, 11) is 0.00343. The Bertz CT molecular complexity index is 151. The van der Waals surface area contributed by atoms with Crippen LogP contribution in [-0.2, 0) is 4.43 Å². The highest BCUT2D eigenvalue weighted by Crippen LogP contribution is 2.05. The van der Waals surface area contributed by atoms with Crippen molar-refractivity contribution in [3.8, 4) is 0 Å². The van der Waals surface area contributed by atoms with E-state index < -0.39 is 8.32 Å². The van der Waals surface area contributed by atoms with E-state index >= 15 is 0 Å². The van der Waals surface area contributed by atoms with Crippen LogP contribution in [-0.4, -0.2) is 15.4 Å². The summed E-state index contributed by atoms with van der Waals surface area (Å²) in [5.41, 5.74) is 3.92. The van der Waals surface area contributed by atoms with Crippen molar-refractivity contribution in [1.82, 2.24) is 0 Å². The van der Waals surface area contributed by atoms with Gasteiger partial charge in [0, 0.05) is 7.11 Å². The molecule has 0 aliphatic heterocycles. The third-order valence-corrected chi connectivity index (χ3v) is 3.95. The van der Waals surface area contributed by atoms with Crippen molar-refractivity contribution in [1.29, 1.82) is 0 Å². The van der Waals surface area contributed by atoms with Crippen LogP contribution in [0.5, 0.6) is 0 Å². The lowest BCUT2D eigenvalue weighted by Gasteiger charge is -2.14. The summed E-state index contributed by atoms with van der Waals surface area (Å²) < 4.78 is 5.28. The van der Waals surface area contributed by atoms with Gasteiger partial charge in [-0.1, -0.05) is 30.1 Å². The monoisotopic (exact) mass is 154 g/mol. The van der Waals surface area contributed by atoms with Crippen LogP contribution in [0.25, 0.3) is 0 Å². The second kappa shape index (κ2) is 4.25. The maximum absolute atomic E-state index is 5.28. The lowest BCUT2D eigenvalue weighted by atomic mass is 10.6. The van der Waals surface area contributed by atoms with Gasteiger partial charge in [-0.3, -0.25) is 0 Å². The van der Waals surface area contributed by atoms with Crippen LogP contribution in [0.15, 0.2) is 36.7 Å². The van der Waals surface area contributed by atoms with Crippen LogP contribution >= 0.6 is 0 Å². The molecule has 0 heterocycles. The fraction of sp³-hybridized carbons (Fsp3) is 0.250. The Morgan fingerprint density at radius 2 is 2.00 bits per heavy atom. The van der Waals surface area contributed by atoms with Crippen molar-refractivity contribution in [2.24, 2.45) is 0 Å². The maximum atomic E-state index is 5.28. The van der Waals surface area contributed by atoms with Crippen molar-refractivity contribution >= 4 is 8.32 Å². The molecule has 0 spiro atoms. The Morgan fingerprint density at radius 3 is 2.30 bits per heavy atom. The van der Waals surface area contributed by atoms with E-state index in [0.717, 1.165) is 0 Å². The van der Waals surface area contributed by atoms with Gasteiger partial charge in [0.25, 0.3) is 0 Å². The van der Waals surface area contributed by atoms with Crippen LogP contribution in [0.4, 0.5) is 0 Å². The molecule has 0 N–H and O–H groups in total. The fourth-order valence-corrected chi connectivity index (χ4v) is 1.44. The molecule has 0 amide bonds. The van der Waals surface area contributed by atoms with Crippen LogP contribution in [0, 0.1) is 0 Å². The first-order chi connectivity index (χ1) is 4.68. The van der Waals surface area contributed by atoms with E-state index in [9.17, 15) is 0 Å². The fourth-order valence-electron chi connectivity index (χ4n) is 0.479. The maximum Gasteiger partial charge on any atom is 0.237 e. The summed E-state index contributed by atoms with van der Waals surface area (Å²) in [5.74, 6) is 0. The molecule has 0 radical (unpaired) electrons. The molecule has 0 aliphatic carbocycles. The lowest BCUT2D eigenvalue weighted by Crippen LogP contribution is -2.27. The van der Waals surface area contributed by atoms with Crippen molar-refractivity contribution in [3.05, 3.63) is 36.7 Å². The van der Waals surface area contributed by atoms with E-state index in [2.05, 4.69) is 19.7 Å². The number of allylic oxidation sites excluding steroid dienone is 2. The van der Waals surface area contributed by atoms with Gasteiger partial charge in [-0.15, -0.1) is 6.58 Å². The summed E-state index contributed by atoms with van der Waals surface area (Å²) in [6.07, 6.45) is 3.64. The highest BCUT2D eigenvalue weighted by molar-refractivity contribution is 6.82. The second-order valence-corrected chi connectivity index (χ2v) is 5.70. The molecule has 0 aromatic heterocycles. The third kappa shape index (κ3) is 2.80. The topological polar surface area (TPSA) is 9.23 Å². The first-order valence-electron chi connectivity index (χ1n) is 3.17. The second-order valence-electron chi connectivity index (χ2n) is 2.19. The molecule has 0 aliphatic rings. The van der Waals surface area contributed by atoms with E-state index in [4.69, 9.17) is 4.43 Å². The van der Waals surface area contributed by atoms with Crippen molar-refractivity contribution in [2.45, 2.75) is 6.55 Å². The van der Waals surface area contributed by atoms with Gasteiger partial charge < -0.3 is 4.43 Å². The Hall–Kier alpha value is -0.603. The molecule has 0 fully saturated rings. The molecule has 56 valence electrons. The molecule has 0 saturated carbocycles. The number of hydrogen-bond donors (Lipinski definition) is 0. The van der Waals surface area contributed by atoms with Gasteiger partial charge in [-0.05, 0) is 6.55 Å². The summed E-state index contributed by atoms with van der Waals surface area (Å²) >= 11 is 0. The van der Waals surface area contributed by atoms with Crippen LogP contribution in [0.2, 0.25) is 6.55 Å². The Labute approximate surface area is 63.8 Å². The van der Waals surface area contributed by atoms with Crippen molar-refractivity contribution < 1.29 is 4.43 Å². The van der Waals surface area contributed by atoms with Gasteiger partial charge in [0.05, 0.1) is 0 Å².